The Morgan fingerprint density at radius 1 is 0.800 bits per heavy atom. The number of likely N-dealkylation sites (N-methyl/N-ethyl adjacent to an activating group) is 1. The lowest BCUT2D eigenvalue weighted by Crippen LogP contribution is -2.65. The van der Waals surface area contributed by atoms with E-state index in [4.69, 9.17) is 0 Å². The van der Waals surface area contributed by atoms with E-state index in [1.54, 1.807) is 12.1 Å². The quantitative estimate of drug-likeness (QED) is 0.553. The van der Waals surface area contributed by atoms with E-state index in [0.717, 1.165) is 5.69 Å². The molecule has 0 aromatic heterocycles. The molecule has 2 atom stereocenters. The van der Waals surface area contributed by atoms with Gasteiger partial charge in [-0.25, -0.2) is 4.39 Å². The maximum atomic E-state index is 13.6. The molecule has 2 nitrogen and oxygen atoms in total. The molecule has 2 bridgehead atoms. The molecule has 0 amide bonds. The van der Waals surface area contributed by atoms with E-state index in [1.165, 1.54) is 37.1 Å². The van der Waals surface area contributed by atoms with Gasteiger partial charge in [-0.15, -0.1) is 0 Å². The zero-order valence-electron chi connectivity index (χ0n) is 17.5. The van der Waals surface area contributed by atoms with Crippen LogP contribution in [0.25, 0.3) is 0 Å². The Kier molecular flexibility index (Phi) is 5.30. The van der Waals surface area contributed by atoms with E-state index in [1.807, 2.05) is 12.1 Å². The van der Waals surface area contributed by atoms with Crippen LogP contribution in [0.1, 0.15) is 29.9 Å². The predicted molar refractivity (Wildman–Crippen MR) is 121 cm³/mol. The van der Waals surface area contributed by atoms with Crippen molar-refractivity contribution in [2.24, 2.45) is 5.92 Å². The number of rotatable bonds is 5. The van der Waals surface area contributed by atoms with Crippen molar-refractivity contribution >= 4 is 5.69 Å². The molecule has 0 spiro atoms. The Labute approximate surface area is 179 Å². The van der Waals surface area contributed by atoms with Gasteiger partial charge in [0.15, 0.2) is 0 Å². The number of fused-ring (bicyclic) bond motifs is 3. The van der Waals surface area contributed by atoms with Gasteiger partial charge in [-0.05, 0) is 67.2 Å². The fourth-order valence-electron chi connectivity index (χ4n) is 5.76. The maximum Gasteiger partial charge on any atom is 0.123 e. The van der Waals surface area contributed by atoms with Crippen LogP contribution in [0.3, 0.4) is 0 Å². The molecule has 3 heterocycles. The first-order chi connectivity index (χ1) is 14.7. The Morgan fingerprint density at radius 2 is 1.33 bits per heavy atom. The minimum Gasteiger partial charge on any atom is -0.370 e. The number of halogens is 1. The van der Waals surface area contributed by atoms with E-state index in [9.17, 15) is 4.39 Å². The Hall–Kier alpha value is -2.65. The fraction of sp³-hybridized carbons (Fsp3) is 0.333. The maximum absolute atomic E-state index is 13.6. The third kappa shape index (κ3) is 3.52. The van der Waals surface area contributed by atoms with Gasteiger partial charge in [0.1, 0.15) is 5.82 Å². The summed E-state index contributed by atoms with van der Waals surface area (Å²) >= 11 is 0. The van der Waals surface area contributed by atoms with Gasteiger partial charge in [-0.1, -0.05) is 60.7 Å². The third-order valence-electron chi connectivity index (χ3n) is 7.17. The average molecular weight is 401 g/mol. The first kappa shape index (κ1) is 19.3. The first-order valence-electron chi connectivity index (χ1n) is 11.0. The molecule has 30 heavy (non-hydrogen) atoms. The van der Waals surface area contributed by atoms with Gasteiger partial charge in [-0.2, -0.15) is 0 Å². The minimum atomic E-state index is -0.177. The van der Waals surface area contributed by atoms with Crippen LogP contribution in [-0.4, -0.2) is 37.1 Å². The number of nitrogens with zero attached hydrogens (tertiary/aromatic N) is 2. The van der Waals surface area contributed by atoms with Crippen molar-refractivity contribution in [2.45, 2.75) is 30.8 Å². The summed E-state index contributed by atoms with van der Waals surface area (Å²) in [4.78, 5) is 5.12. The zero-order valence-corrected chi connectivity index (χ0v) is 17.5. The summed E-state index contributed by atoms with van der Waals surface area (Å²) in [6.07, 6.45) is 2.48. The smallest absolute Gasteiger partial charge is 0.123 e. The van der Waals surface area contributed by atoms with Gasteiger partial charge in [0.05, 0.1) is 0 Å². The molecule has 3 aliphatic heterocycles. The molecule has 3 fully saturated rings. The Balaban J connectivity index is 1.59. The second kappa shape index (κ2) is 8.23. The van der Waals surface area contributed by atoms with Crippen molar-refractivity contribution in [3.63, 3.8) is 0 Å². The summed E-state index contributed by atoms with van der Waals surface area (Å²) in [7, 11) is 2.19. The molecule has 3 aromatic carbocycles. The number of piperidine rings is 3. The highest BCUT2D eigenvalue weighted by atomic mass is 19.1. The van der Waals surface area contributed by atoms with Crippen LogP contribution in [-0.2, 0) is 0 Å². The van der Waals surface area contributed by atoms with Crippen molar-refractivity contribution in [2.75, 3.05) is 25.0 Å². The van der Waals surface area contributed by atoms with Crippen LogP contribution >= 0.6 is 0 Å². The van der Waals surface area contributed by atoms with Crippen molar-refractivity contribution in [3.8, 4) is 0 Å². The van der Waals surface area contributed by atoms with E-state index in [-0.39, 0.29) is 5.82 Å². The molecule has 3 saturated heterocycles. The molecule has 3 heteroatoms. The van der Waals surface area contributed by atoms with Gasteiger partial charge >= 0.3 is 0 Å². The summed E-state index contributed by atoms with van der Waals surface area (Å²) in [6.45, 7) is 2.33. The molecular formula is C27H29FN2. The van der Waals surface area contributed by atoms with Crippen LogP contribution in [0.5, 0.6) is 0 Å². The highest BCUT2D eigenvalue weighted by Gasteiger charge is 2.48. The predicted octanol–water partition coefficient (Wildman–Crippen LogP) is 5.56. The third-order valence-corrected chi connectivity index (χ3v) is 7.17. The van der Waals surface area contributed by atoms with Crippen LogP contribution in [0.2, 0.25) is 0 Å². The SMILES string of the molecule is CN(c1ccc(F)cc1)[C@@H]1C2CCN(CC2)[C@@H]1C(c1ccccc1)c1ccccc1. The van der Waals surface area contributed by atoms with Crippen molar-refractivity contribution in [1.29, 1.82) is 0 Å². The number of hydrogen-bond donors (Lipinski definition) is 0. The molecule has 6 rings (SSSR count). The van der Waals surface area contributed by atoms with Crippen molar-refractivity contribution < 1.29 is 4.39 Å². The van der Waals surface area contributed by atoms with Crippen molar-refractivity contribution in [1.82, 2.24) is 4.90 Å². The molecule has 0 N–H and O–H groups in total. The fourth-order valence-corrected chi connectivity index (χ4v) is 5.76. The molecular weight excluding hydrogens is 371 g/mol. The van der Waals surface area contributed by atoms with Gasteiger partial charge in [0, 0.05) is 30.7 Å². The molecule has 0 saturated carbocycles. The summed E-state index contributed by atoms with van der Waals surface area (Å²) in [6, 6.07) is 29.7. The standard InChI is InChI=1S/C27H29FN2/c1-29(24-14-12-23(28)13-15-24)26-22-16-18-30(19-17-22)27(26)25(20-8-4-2-5-9-20)21-10-6-3-7-11-21/h2-15,22,25-27H,16-19H2,1H3/t26-,27-/m1/s1. The highest BCUT2D eigenvalue weighted by Crippen LogP contribution is 2.44. The van der Waals surface area contributed by atoms with E-state index in [0.29, 0.717) is 23.9 Å². The number of hydrogen-bond acceptors (Lipinski definition) is 2. The van der Waals surface area contributed by atoms with E-state index in [2.05, 4.69) is 77.5 Å². The zero-order chi connectivity index (χ0) is 20.5. The first-order valence-corrected chi connectivity index (χ1v) is 11.0. The van der Waals surface area contributed by atoms with Crippen LogP contribution in [0.15, 0.2) is 84.9 Å². The van der Waals surface area contributed by atoms with Crippen LogP contribution < -0.4 is 4.90 Å². The molecule has 0 aliphatic carbocycles. The molecule has 0 unspecified atom stereocenters. The van der Waals surface area contributed by atoms with Gasteiger partial charge in [0.25, 0.3) is 0 Å². The van der Waals surface area contributed by atoms with Crippen LogP contribution in [0.4, 0.5) is 10.1 Å². The minimum absolute atomic E-state index is 0.177. The second-order valence-electron chi connectivity index (χ2n) is 8.74. The Morgan fingerprint density at radius 3 is 1.87 bits per heavy atom. The van der Waals surface area contributed by atoms with Crippen LogP contribution in [0, 0.1) is 11.7 Å². The molecule has 3 aromatic rings. The van der Waals surface area contributed by atoms with Gasteiger partial charge in [-0.3, -0.25) is 4.90 Å². The van der Waals surface area contributed by atoms with E-state index >= 15 is 0 Å². The van der Waals surface area contributed by atoms with Gasteiger partial charge in [0.2, 0.25) is 0 Å². The monoisotopic (exact) mass is 400 g/mol. The molecule has 3 aliphatic rings. The van der Waals surface area contributed by atoms with Crippen molar-refractivity contribution in [3.05, 3.63) is 102 Å². The molecule has 0 radical (unpaired) electrons. The Bertz CT molecular complexity index is 910. The molecule has 154 valence electrons. The summed E-state index contributed by atoms with van der Waals surface area (Å²) < 4.78 is 13.6. The largest absolute Gasteiger partial charge is 0.370 e. The number of anilines is 1. The summed E-state index contributed by atoms with van der Waals surface area (Å²) in [5.41, 5.74) is 3.84. The number of benzene rings is 3. The van der Waals surface area contributed by atoms with E-state index < -0.39 is 0 Å². The summed E-state index contributed by atoms with van der Waals surface area (Å²) in [5, 5.41) is 0. The average Bonchev–Trinajstić information content (AvgIpc) is 2.81. The normalized spacial score (nSPS) is 25.4. The summed E-state index contributed by atoms with van der Waals surface area (Å²) in [5.74, 6) is 0.789. The lowest BCUT2D eigenvalue weighted by molar-refractivity contribution is 0.0186. The second-order valence-corrected chi connectivity index (χ2v) is 8.74. The van der Waals surface area contributed by atoms with Gasteiger partial charge < -0.3 is 4.90 Å². The lowest BCUT2D eigenvalue weighted by Gasteiger charge is -2.56. The topological polar surface area (TPSA) is 6.48 Å². The highest BCUT2D eigenvalue weighted by molar-refractivity contribution is 5.49. The lowest BCUT2D eigenvalue weighted by atomic mass is 9.70.